The molecule has 0 saturated carbocycles. The van der Waals surface area contributed by atoms with E-state index in [1.54, 1.807) is 0 Å². The maximum Gasteiger partial charge on any atom is 0.377 e. The van der Waals surface area contributed by atoms with Gasteiger partial charge in [0.2, 0.25) is 6.79 Å². The summed E-state index contributed by atoms with van der Waals surface area (Å²) in [5, 5.41) is 8.50. The molecule has 16 heavy (non-hydrogen) atoms. The van der Waals surface area contributed by atoms with E-state index in [1.807, 2.05) is 0 Å². The van der Waals surface area contributed by atoms with Crippen LogP contribution in [0.15, 0.2) is 10.5 Å². The smallest absolute Gasteiger partial charge is 0.377 e. The van der Waals surface area contributed by atoms with Crippen LogP contribution < -0.4 is 9.47 Å². The van der Waals surface area contributed by atoms with Crippen LogP contribution in [0.25, 0.3) is 0 Å². The Morgan fingerprint density at radius 2 is 2.12 bits per heavy atom. The summed E-state index contributed by atoms with van der Waals surface area (Å²) in [4.78, 5) is 21.6. The van der Waals surface area contributed by atoms with Gasteiger partial charge < -0.3 is 14.6 Å². The van der Waals surface area contributed by atoms with Crippen LogP contribution in [0.2, 0.25) is 0 Å². The van der Waals surface area contributed by atoms with Crippen molar-refractivity contribution >= 4 is 27.7 Å². The van der Waals surface area contributed by atoms with E-state index in [0.717, 1.165) is 6.07 Å². The van der Waals surface area contributed by atoms with Gasteiger partial charge >= 0.3 is 5.97 Å². The number of rotatable bonds is 2. The molecule has 0 saturated heterocycles. The monoisotopic (exact) mass is 290 g/mol. The number of Topliss-reactive ketones (excluding diaryl/α,β-unsaturated/α-hetero) is 1. The van der Waals surface area contributed by atoms with Crippen LogP contribution in [-0.4, -0.2) is 23.7 Å². The molecule has 0 radical (unpaired) electrons. The number of fused-ring (bicyclic) bond motifs is 1. The molecule has 0 aromatic heterocycles. The minimum Gasteiger partial charge on any atom is -0.475 e. The van der Waals surface area contributed by atoms with E-state index in [9.17, 15) is 14.0 Å². The van der Waals surface area contributed by atoms with Gasteiger partial charge in [0.1, 0.15) is 4.47 Å². The maximum absolute atomic E-state index is 13.6. The number of carboxylic acid groups (broad SMARTS) is 1. The van der Waals surface area contributed by atoms with E-state index < -0.39 is 23.1 Å². The number of carbonyl (C=O) groups excluding carboxylic acids is 1. The van der Waals surface area contributed by atoms with Crippen molar-refractivity contribution in [3.63, 3.8) is 0 Å². The summed E-state index contributed by atoms with van der Waals surface area (Å²) in [7, 11) is 0. The molecule has 0 atom stereocenters. The summed E-state index contributed by atoms with van der Waals surface area (Å²) in [5.41, 5.74) is -0.566. The lowest BCUT2D eigenvalue weighted by molar-refractivity contribution is -0.131. The van der Waals surface area contributed by atoms with Crippen molar-refractivity contribution in [2.75, 3.05) is 6.79 Å². The summed E-state index contributed by atoms with van der Waals surface area (Å²) < 4.78 is 23.4. The quantitative estimate of drug-likeness (QED) is 0.661. The third-order valence-corrected chi connectivity index (χ3v) is 2.69. The van der Waals surface area contributed by atoms with Crippen LogP contribution in [-0.2, 0) is 4.79 Å². The first-order valence-corrected chi connectivity index (χ1v) is 4.87. The van der Waals surface area contributed by atoms with E-state index in [-0.39, 0.29) is 22.8 Å². The summed E-state index contributed by atoms with van der Waals surface area (Å²) >= 11 is 2.87. The highest BCUT2D eigenvalue weighted by atomic mass is 79.9. The third-order valence-electron chi connectivity index (χ3n) is 1.98. The number of carboxylic acids is 1. The van der Waals surface area contributed by atoms with Crippen LogP contribution in [0.5, 0.6) is 11.5 Å². The van der Waals surface area contributed by atoms with Crippen molar-refractivity contribution < 1.29 is 28.6 Å². The van der Waals surface area contributed by atoms with Crippen molar-refractivity contribution in [1.29, 1.82) is 0 Å². The zero-order valence-corrected chi connectivity index (χ0v) is 9.21. The lowest BCUT2D eigenvalue weighted by Crippen LogP contribution is -2.14. The summed E-state index contributed by atoms with van der Waals surface area (Å²) in [5.74, 6) is -3.78. The van der Waals surface area contributed by atoms with Gasteiger partial charge in [-0.15, -0.1) is 0 Å². The normalized spacial score (nSPS) is 12.6. The van der Waals surface area contributed by atoms with Gasteiger partial charge in [-0.1, -0.05) is 0 Å². The molecule has 5 nitrogen and oxygen atoms in total. The van der Waals surface area contributed by atoms with Crippen molar-refractivity contribution in [3.8, 4) is 11.5 Å². The van der Waals surface area contributed by atoms with Crippen LogP contribution >= 0.6 is 15.9 Å². The predicted molar refractivity (Wildman–Crippen MR) is 52.2 cm³/mol. The van der Waals surface area contributed by atoms with E-state index >= 15 is 0 Å². The molecule has 2 rings (SSSR count). The number of hydrogen-bond donors (Lipinski definition) is 1. The largest absolute Gasteiger partial charge is 0.475 e. The lowest BCUT2D eigenvalue weighted by Gasteiger charge is -2.04. The number of hydrogen-bond acceptors (Lipinski definition) is 4. The second-order valence-electron chi connectivity index (χ2n) is 2.92. The van der Waals surface area contributed by atoms with Gasteiger partial charge in [0.15, 0.2) is 17.3 Å². The highest BCUT2D eigenvalue weighted by Crippen LogP contribution is 2.42. The number of halogens is 2. The molecule has 0 aliphatic carbocycles. The molecule has 1 aliphatic rings. The summed E-state index contributed by atoms with van der Waals surface area (Å²) in [6.45, 7) is -0.0991. The van der Waals surface area contributed by atoms with Gasteiger partial charge in [0.05, 0.1) is 5.56 Å². The zero-order chi connectivity index (χ0) is 11.9. The standard InChI is InChI=1S/C9H4BrFO5/c10-5-6(11)3(7(12)9(13)14)1-4-8(5)16-2-15-4/h1H,2H2,(H,13,14). The average molecular weight is 291 g/mol. The Morgan fingerprint density at radius 3 is 2.75 bits per heavy atom. The van der Waals surface area contributed by atoms with Crippen molar-refractivity contribution in [2.45, 2.75) is 0 Å². The second kappa shape index (κ2) is 3.75. The highest BCUT2D eigenvalue weighted by Gasteiger charge is 2.28. The van der Waals surface area contributed by atoms with Gasteiger partial charge in [0.25, 0.3) is 5.78 Å². The SMILES string of the molecule is O=C(O)C(=O)c1cc2c(c(Br)c1F)OCO2. The van der Waals surface area contributed by atoms with Gasteiger partial charge in [-0.3, -0.25) is 4.79 Å². The maximum atomic E-state index is 13.6. The van der Waals surface area contributed by atoms with Crippen LogP contribution in [0.3, 0.4) is 0 Å². The molecular formula is C9H4BrFO5. The first kappa shape index (κ1) is 10.9. The highest BCUT2D eigenvalue weighted by molar-refractivity contribution is 9.10. The summed E-state index contributed by atoms with van der Waals surface area (Å²) in [6.07, 6.45) is 0. The Balaban J connectivity index is 2.60. The van der Waals surface area contributed by atoms with Crippen molar-refractivity contribution in [2.24, 2.45) is 0 Å². The first-order chi connectivity index (χ1) is 7.52. The Hall–Kier alpha value is -1.63. The lowest BCUT2D eigenvalue weighted by atomic mass is 10.1. The van der Waals surface area contributed by atoms with Crippen LogP contribution in [0.1, 0.15) is 10.4 Å². The van der Waals surface area contributed by atoms with E-state index in [4.69, 9.17) is 14.6 Å². The van der Waals surface area contributed by atoms with Crippen molar-refractivity contribution in [3.05, 3.63) is 21.9 Å². The topological polar surface area (TPSA) is 72.8 Å². The number of carbonyl (C=O) groups is 2. The molecule has 0 unspecified atom stereocenters. The molecule has 1 aromatic rings. The average Bonchev–Trinajstić information content (AvgIpc) is 2.70. The molecular weight excluding hydrogens is 287 g/mol. The van der Waals surface area contributed by atoms with E-state index in [1.165, 1.54) is 0 Å². The Bertz CT molecular complexity index is 499. The fourth-order valence-corrected chi connectivity index (χ4v) is 1.78. The van der Waals surface area contributed by atoms with Gasteiger partial charge in [-0.25, -0.2) is 9.18 Å². The fourth-order valence-electron chi connectivity index (χ4n) is 1.26. The minimum absolute atomic E-state index is 0.0991. The Morgan fingerprint density at radius 1 is 1.44 bits per heavy atom. The molecule has 0 amide bonds. The van der Waals surface area contributed by atoms with Crippen molar-refractivity contribution in [1.82, 2.24) is 0 Å². The fraction of sp³-hybridized carbons (Fsp3) is 0.111. The molecule has 7 heteroatoms. The van der Waals surface area contributed by atoms with Gasteiger partial charge in [0, 0.05) is 0 Å². The third kappa shape index (κ3) is 1.53. The second-order valence-corrected chi connectivity index (χ2v) is 3.71. The zero-order valence-electron chi connectivity index (χ0n) is 7.62. The molecule has 1 aliphatic heterocycles. The van der Waals surface area contributed by atoms with Gasteiger partial charge in [-0.05, 0) is 22.0 Å². The molecule has 0 spiro atoms. The Kier molecular flexibility index (Phi) is 2.55. The number of benzene rings is 1. The minimum atomic E-state index is -1.73. The molecule has 1 N–H and O–H groups in total. The molecule has 0 bridgehead atoms. The van der Waals surface area contributed by atoms with Crippen LogP contribution in [0, 0.1) is 5.82 Å². The summed E-state index contributed by atoms with van der Waals surface area (Å²) in [6, 6.07) is 1.01. The van der Waals surface area contributed by atoms with Gasteiger partial charge in [-0.2, -0.15) is 0 Å². The molecule has 1 heterocycles. The predicted octanol–water partition coefficient (Wildman–Crippen LogP) is 1.58. The number of aliphatic carboxylic acids is 1. The molecule has 0 fully saturated rings. The van der Waals surface area contributed by atoms with E-state index in [0.29, 0.717) is 0 Å². The Labute approximate surface area is 96.9 Å². The molecule has 1 aromatic carbocycles. The first-order valence-electron chi connectivity index (χ1n) is 4.07. The molecule has 84 valence electrons. The number of ether oxygens (including phenoxy) is 2. The number of ketones is 1. The van der Waals surface area contributed by atoms with Crippen LogP contribution in [0.4, 0.5) is 4.39 Å². The van der Waals surface area contributed by atoms with E-state index in [2.05, 4.69) is 15.9 Å².